The lowest BCUT2D eigenvalue weighted by Gasteiger charge is -2.15. The summed E-state index contributed by atoms with van der Waals surface area (Å²) < 4.78 is 25.1. The highest BCUT2D eigenvalue weighted by Crippen LogP contribution is 2.34. The van der Waals surface area contributed by atoms with Crippen molar-refractivity contribution in [3.63, 3.8) is 0 Å². The van der Waals surface area contributed by atoms with Crippen molar-refractivity contribution in [2.45, 2.75) is 19.1 Å². The molecule has 0 bridgehead atoms. The van der Waals surface area contributed by atoms with Gasteiger partial charge in [-0.3, -0.25) is 9.59 Å². The Hall–Kier alpha value is -2.42. The third-order valence-electron chi connectivity index (χ3n) is 4.03. The van der Waals surface area contributed by atoms with Gasteiger partial charge in [0, 0.05) is 11.3 Å². The van der Waals surface area contributed by atoms with E-state index in [1.165, 1.54) is 18.4 Å². The predicted octanol–water partition coefficient (Wildman–Crippen LogP) is 1.26. The maximum absolute atomic E-state index is 13.6. The molecule has 0 aliphatic carbocycles. The summed E-state index contributed by atoms with van der Waals surface area (Å²) in [5.74, 6) is -1.12. The summed E-state index contributed by atoms with van der Waals surface area (Å²) >= 11 is 1.34. The van der Waals surface area contributed by atoms with Crippen molar-refractivity contribution in [2.75, 3.05) is 13.7 Å². The molecule has 3 atom stereocenters. The Balaban J connectivity index is 1.83. The van der Waals surface area contributed by atoms with E-state index < -0.39 is 29.9 Å². The van der Waals surface area contributed by atoms with Crippen LogP contribution in [0.4, 0.5) is 4.39 Å². The molecule has 3 heterocycles. The van der Waals surface area contributed by atoms with Crippen molar-refractivity contribution in [1.82, 2.24) is 10.3 Å². The van der Waals surface area contributed by atoms with E-state index >= 15 is 0 Å². The lowest BCUT2D eigenvalue weighted by Crippen LogP contribution is -2.34. The molecule has 0 radical (unpaired) electrons. The summed E-state index contributed by atoms with van der Waals surface area (Å²) in [5.41, 5.74) is 6.02. The first-order chi connectivity index (χ1) is 11.4. The first-order valence-electron chi connectivity index (χ1n) is 7.25. The van der Waals surface area contributed by atoms with Crippen LogP contribution in [0.15, 0.2) is 11.4 Å². The van der Waals surface area contributed by atoms with Crippen LogP contribution in [-0.4, -0.2) is 42.7 Å². The Kier molecular flexibility index (Phi) is 4.27. The number of pyridine rings is 1. The molecule has 2 aromatic heterocycles. The summed E-state index contributed by atoms with van der Waals surface area (Å²) in [7, 11) is 1.39. The number of amides is 2. The summed E-state index contributed by atoms with van der Waals surface area (Å²) in [5, 5.41) is 4.30. The number of nitrogens with two attached hydrogens (primary N) is 1. The normalized spacial score (nSPS) is 23.3. The lowest BCUT2D eigenvalue weighted by atomic mass is 10.0. The number of ether oxygens (including phenoxy) is 2. The molecule has 1 fully saturated rings. The Morgan fingerprint density at radius 2 is 2.29 bits per heavy atom. The third kappa shape index (κ3) is 2.75. The predicted molar refractivity (Wildman–Crippen MR) is 86.2 cm³/mol. The van der Waals surface area contributed by atoms with Gasteiger partial charge < -0.3 is 20.5 Å². The Bertz CT molecular complexity index is 809. The summed E-state index contributed by atoms with van der Waals surface area (Å²) in [6.07, 6.45) is -1.52. The minimum atomic E-state index is -1.52. The average molecular weight is 353 g/mol. The molecule has 0 spiro atoms. The van der Waals surface area contributed by atoms with Gasteiger partial charge in [-0.1, -0.05) is 6.92 Å². The van der Waals surface area contributed by atoms with Crippen LogP contribution in [0, 0.1) is 5.92 Å². The monoisotopic (exact) mass is 353 g/mol. The van der Waals surface area contributed by atoms with E-state index in [2.05, 4.69) is 10.3 Å². The zero-order valence-electron chi connectivity index (χ0n) is 13.0. The van der Waals surface area contributed by atoms with Crippen LogP contribution in [0.2, 0.25) is 0 Å². The van der Waals surface area contributed by atoms with Crippen LogP contribution in [0.5, 0.6) is 11.6 Å². The largest absolute Gasteiger partial charge is 0.488 e. The fraction of sp³-hybridized carbons (Fsp3) is 0.400. The number of carbonyl (C=O) groups is 2. The number of carbonyl (C=O) groups excluding carboxylic acids is 2. The Labute approximate surface area is 140 Å². The van der Waals surface area contributed by atoms with E-state index in [1.54, 1.807) is 18.4 Å². The molecule has 2 aromatic rings. The van der Waals surface area contributed by atoms with Crippen molar-refractivity contribution < 1.29 is 23.5 Å². The number of nitrogens with zero attached hydrogens (tertiary/aromatic N) is 1. The number of aromatic nitrogens is 1. The molecule has 2 amide bonds. The number of thiophene rings is 1. The average Bonchev–Trinajstić information content (AvgIpc) is 3.07. The molecule has 7 nitrogen and oxygen atoms in total. The summed E-state index contributed by atoms with van der Waals surface area (Å²) in [4.78, 5) is 27.0. The second-order valence-corrected chi connectivity index (χ2v) is 6.45. The van der Waals surface area contributed by atoms with Gasteiger partial charge in [0.2, 0.25) is 5.88 Å². The van der Waals surface area contributed by atoms with E-state index in [-0.39, 0.29) is 18.1 Å². The van der Waals surface area contributed by atoms with Gasteiger partial charge in [-0.25, -0.2) is 9.37 Å². The smallest absolute Gasteiger partial charge is 0.255 e. The number of fused-ring (bicyclic) bond motifs is 1. The maximum Gasteiger partial charge on any atom is 0.255 e. The topological polar surface area (TPSA) is 104 Å². The highest BCUT2D eigenvalue weighted by molar-refractivity contribution is 7.17. The van der Waals surface area contributed by atoms with Crippen LogP contribution in [0.25, 0.3) is 10.2 Å². The zero-order chi connectivity index (χ0) is 17.4. The van der Waals surface area contributed by atoms with Crippen molar-refractivity contribution in [3.05, 3.63) is 17.0 Å². The van der Waals surface area contributed by atoms with Gasteiger partial charge >= 0.3 is 0 Å². The van der Waals surface area contributed by atoms with E-state index in [0.29, 0.717) is 16.0 Å². The highest BCUT2D eigenvalue weighted by Gasteiger charge is 2.40. The van der Waals surface area contributed by atoms with E-state index in [0.717, 1.165) is 0 Å². The molecule has 0 aromatic carbocycles. The number of rotatable bonds is 5. The number of halogens is 1. The second kappa shape index (κ2) is 6.23. The zero-order valence-corrected chi connectivity index (χ0v) is 13.9. The van der Waals surface area contributed by atoms with E-state index in [4.69, 9.17) is 15.2 Å². The first-order valence-corrected chi connectivity index (χ1v) is 8.13. The van der Waals surface area contributed by atoms with Gasteiger partial charge in [-0.05, 0) is 6.07 Å². The number of primary amides is 1. The minimum Gasteiger partial charge on any atom is -0.488 e. The third-order valence-corrected chi connectivity index (χ3v) is 4.93. The SMILES string of the molecule is COc1nc2c(OCC3NC(=O)C(F)C3C)csc2cc1C(N)=O. The molecule has 1 saturated heterocycles. The van der Waals surface area contributed by atoms with Crippen molar-refractivity contribution >= 4 is 33.4 Å². The maximum atomic E-state index is 13.6. The molecule has 3 N–H and O–H groups in total. The van der Waals surface area contributed by atoms with Crippen molar-refractivity contribution in [2.24, 2.45) is 11.7 Å². The highest BCUT2D eigenvalue weighted by atomic mass is 32.1. The second-order valence-electron chi connectivity index (χ2n) is 5.54. The molecule has 24 heavy (non-hydrogen) atoms. The van der Waals surface area contributed by atoms with E-state index in [1.807, 2.05) is 0 Å². The molecule has 9 heteroatoms. The van der Waals surface area contributed by atoms with E-state index in [9.17, 15) is 14.0 Å². The van der Waals surface area contributed by atoms with Gasteiger partial charge in [0.25, 0.3) is 11.8 Å². The molecular weight excluding hydrogens is 337 g/mol. The molecule has 1 aliphatic rings. The number of methoxy groups -OCH3 is 1. The van der Waals surface area contributed by atoms with Crippen LogP contribution in [0.1, 0.15) is 17.3 Å². The fourth-order valence-electron chi connectivity index (χ4n) is 2.56. The number of alkyl halides is 1. The molecule has 128 valence electrons. The number of hydrogen-bond acceptors (Lipinski definition) is 6. The minimum absolute atomic E-state index is 0.115. The lowest BCUT2D eigenvalue weighted by molar-refractivity contribution is -0.123. The summed E-state index contributed by atoms with van der Waals surface area (Å²) in [6.45, 7) is 1.78. The van der Waals surface area contributed by atoms with Gasteiger partial charge in [-0.2, -0.15) is 0 Å². The van der Waals surface area contributed by atoms with Crippen LogP contribution >= 0.6 is 11.3 Å². The van der Waals surface area contributed by atoms with Gasteiger partial charge in [0.15, 0.2) is 11.9 Å². The quantitative estimate of drug-likeness (QED) is 0.842. The molecule has 0 saturated carbocycles. The van der Waals surface area contributed by atoms with Crippen molar-refractivity contribution in [1.29, 1.82) is 0 Å². The van der Waals surface area contributed by atoms with Crippen molar-refractivity contribution in [3.8, 4) is 11.6 Å². The molecule has 3 rings (SSSR count). The standard InChI is InChI=1S/C15H16FN3O4S/c1-6-8(18-14(21)11(6)16)4-23-9-5-24-10-3-7(13(17)20)15(22-2)19-12(9)10/h3,5-6,8,11H,4H2,1-2H3,(H2,17,20)(H,18,21). The van der Waals surface area contributed by atoms with Crippen LogP contribution < -0.4 is 20.5 Å². The molecule has 1 aliphatic heterocycles. The van der Waals surface area contributed by atoms with Gasteiger partial charge in [-0.15, -0.1) is 11.3 Å². The Morgan fingerprint density at radius 1 is 1.54 bits per heavy atom. The fourth-order valence-corrected chi connectivity index (χ4v) is 3.42. The number of nitrogens with one attached hydrogen (secondary N) is 1. The number of hydrogen-bond donors (Lipinski definition) is 2. The van der Waals surface area contributed by atoms with Gasteiger partial charge in [0.1, 0.15) is 17.7 Å². The molecule has 3 unspecified atom stereocenters. The first kappa shape index (κ1) is 16.4. The Morgan fingerprint density at radius 3 is 2.88 bits per heavy atom. The summed E-state index contributed by atoms with van der Waals surface area (Å²) in [6, 6.07) is 1.19. The van der Waals surface area contributed by atoms with Crippen LogP contribution in [0.3, 0.4) is 0 Å². The van der Waals surface area contributed by atoms with Gasteiger partial charge in [0.05, 0.1) is 17.9 Å². The molecular formula is C15H16FN3O4S. The van der Waals surface area contributed by atoms with Crippen LogP contribution in [-0.2, 0) is 4.79 Å².